The Labute approximate surface area is 113 Å². The molecule has 2 aromatic carbocycles. The molecular formula is C16H17N3. The molecular weight excluding hydrogens is 234 g/mol. The van der Waals surface area contributed by atoms with Crippen molar-refractivity contribution in [2.24, 2.45) is 0 Å². The van der Waals surface area contributed by atoms with Gasteiger partial charge in [-0.1, -0.05) is 18.2 Å². The zero-order chi connectivity index (χ0) is 13.8. The van der Waals surface area contributed by atoms with Crippen LogP contribution in [0.4, 0.5) is 11.4 Å². The van der Waals surface area contributed by atoms with Gasteiger partial charge < -0.3 is 11.1 Å². The molecule has 96 valence electrons. The van der Waals surface area contributed by atoms with Gasteiger partial charge in [-0.25, -0.2) is 0 Å². The smallest absolute Gasteiger partial charge is 0.101 e. The highest BCUT2D eigenvalue weighted by Crippen LogP contribution is 2.20. The van der Waals surface area contributed by atoms with E-state index in [0.29, 0.717) is 12.1 Å². The van der Waals surface area contributed by atoms with E-state index in [1.54, 1.807) is 0 Å². The van der Waals surface area contributed by atoms with Gasteiger partial charge in [0.15, 0.2) is 0 Å². The summed E-state index contributed by atoms with van der Waals surface area (Å²) in [7, 11) is 0. The second kappa shape index (κ2) is 5.45. The van der Waals surface area contributed by atoms with Crippen LogP contribution in [0.3, 0.4) is 0 Å². The van der Waals surface area contributed by atoms with E-state index in [1.165, 1.54) is 0 Å². The number of benzene rings is 2. The molecule has 0 saturated carbocycles. The normalized spacial score (nSPS) is 9.95. The van der Waals surface area contributed by atoms with Crippen molar-refractivity contribution in [1.29, 1.82) is 5.26 Å². The molecule has 0 aliphatic heterocycles. The zero-order valence-corrected chi connectivity index (χ0v) is 11.2. The van der Waals surface area contributed by atoms with Crippen molar-refractivity contribution in [3.8, 4) is 6.07 Å². The molecule has 0 unspecified atom stereocenters. The van der Waals surface area contributed by atoms with Crippen molar-refractivity contribution in [2.75, 3.05) is 11.1 Å². The molecule has 3 heteroatoms. The Bertz CT molecular complexity index is 639. The third-order valence-electron chi connectivity index (χ3n) is 3.25. The quantitative estimate of drug-likeness (QED) is 0.822. The van der Waals surface area contributed by atoms with E-state index in [1.807, 2.05) is 50.2 Å². The molecule has 2 rings (SSSR count). The topological polar surface area (TPSA) is 61.8 Å². The van der Waals surface area contributed by atoms with Crippen LogP contribution in [-0.4, -0.2) is 0 Å². The fourth-order valence-electron chi connectivity index (χ4n) is 1.99. The fourth-order valence-corrected chi connectivity index (χ4v) is 1.99. The standard InChI is InChI=1S/C16H17N3/c1-11-6-7-13(9-17)16(8-11)19-10-14-4-3-5-15(18)12(14)2/h3-8,19H,10,18H2,1-2H3. The highest BCUT2D eigenvalue weighted by atomic mass is 14.9. The van der Waals surface area contributed by atoms with Crippen LogP contribution in [0.5, 0.6) is 0 Å². The Morgan fingerprint density at radius 2 is 2.00 bits per heavy atom. The first kappa shape index (κ1) is 13.0. The number of aryl methyl sites for hydroxylation is 1. The van der Waals surface area contributed by atoms with Crippen LogP contribution in [0.25, 0.3) is 0 Å². The molecule has 0 spiro atoms. The van der Waals surface area contributed by atoms with E-state index in [0.717, 1.165) is 28.1 Å². The Balaban J connectivity index is 2.21. The minimum absolute atomic E-state index is 0.659. The minimum Gasteiger partial charge on any atom is -0.399 e. The van der Waals surface area contributed by atoms with Gasteiger partial charge in [-0.2, -0.15) is 5.26 Å². The maximum atomic E-state index is 9.10. The molecule has 0 atom stereocenters. The second-order valence-electron chi connectivity index (χ2n) is 4.65. The molecule has 0 bridgehead atoms. The number of anilines is 2. The van der Waals surface area contributed by atoms with Crippen molar-refractivity contribution in [1.82, 2.24) is 0 Å². The number of nitrogens with zero attached hydrogens (tertiary/aromatic N) is 1. The van der Waals surface area contributed by atoms with E-state index >= 15 is 0 Å². The van der Waals surface area contributed by atoms with E-state index < -0.39 is 0 Å². The molecule has 3 nitrogen and oxygen atoms in total. The van der Waals surface area contributed by atoms with E-state index in [-0.39, 0.29) is 0 Å². The lowest BCUT2D eigenvalue weighted by Crippen LogP contribution is -2.04. The summed E-state index contributed by atoms with van der Waals surface area (Å²) in [5, 5.41) is 12.4. The summed E-state index contributed by atoms with van der Waals surface area (Å²) in [5.74, 6) is 0. The summed E-state index contributed by atoms with van der Waals surface area (Å²) in [6, 6.07) is 13.8. The first-order chi connectivity index (χ1) is 9.11. The maximum Gasteiger partial charge on any atom is 0.101 e. The van der Waals surface area contributed by atoms with Crippen LogP contribution in [0, 0.1) is 25.2 Å². The maximum absolute atomic E-state index is 9.10. The van der Waals surface area contributed by atoms with Crippen LogP contribution in [0.2, 0.25) is 0 Å². The lowest BCUT2D eigenvalue weighted by Gasteiger charge is -2.12. The molecule has 19 heavy (non-hydrogen) atoms. The summed E-state index contributed by atoms with van der Waals surface area (Å²) >= 11 is 0. The molecule has 2 aromatic rings. The summed E-state index contributed by atoms with van der Waals surface area (Å²) < 4.78 is 0. The van der Waals surface area contributed by atoms with E-state index in [4.69, 9.17) is 11.0 Å². The Morgan fingerprint density at radius 3 is 2.74 bits per heavy atom. The monoisotopic (exact) mass is 251 g/mol. The average Bonchev–Trinajstić information content (AvgIpc) is 2.40. The van der Waals surface area contributed by atoms with Gasteiger partial charge in [0.2, 0.25) is 0 Å². The Morgan fingerprint density at radius 1 is 1.21 bits per heavy atom. The average molecular weight is 251 g/mol. The number of rotatable bonds is 3. The van der Waals surface area contributed by atoms with Crippen LogP contribution < -0.4 is 11.1 Å². The summed E-state index contributed by atoms with van der Waals surface area (Å²) in [6.45, 7) is 4.68. The molecule has 3 N–H and O–H groups in total. The van der Waals surface area contributed by atoms with Gasteiger partial charge in [0.1, 0.15) is 6.07 Å². The zero-order valence-electron chi connectivity index (χ0n) is 11.2. The molecule has 0 aliphatic carbocycles. The molecule has 0 fully saturated rings. The fraction of sp³-hybridized carbons (Fsp3) is 0.188. The van der Waals surface area contributed by atoms with Gasteiger partial charge in [0, 0.05) is 12.2 Å². The number of nitrogen functional groups attached to an aromatic ring is 1. The van der Waals surface area contributed by atoms with Gasteiger partial charge in [-0.05, 0) is 48.7 Å². The number of hydrogen-bond donors (Lipinski definition) is 2. The largest absolute Gasteiger partial charge is 0.399 e. The molecule has 0 radical (unpaired) electrons. The number of nitrogens with one attached hydrogen (secondary N) is 1. The SMILES string of the molecule is Cc1ccc(C#N)c(NCc2cccc(N)c2C)c1. The van der Waals surface area contributed by atoms with E-state index in [9.17, 15) is 0 Å². The van der Waals surface area contributed by atoms with E-state index in [2.05, 4.69) is 11.4 Å². The van der Waals surface area contributed by atoms with Gasteiger partial charge >= 0.3 is 0 Å². The van der Waals surface area contributed by atoms with Crippen molar-refractivity contribution in [3.05, 3.63) is 58.7 Å². The third kappa shape index (κ3) is 2.86. The van der Waals surface area contributed by atoms with Gasteiger partial charge in [0.05, 0.1) is 11.3 Å². The lowest BCUT2D eigenvalue weighted by atomic mass is 10.1. The predicted octanol–water partition coefficient (Wildman–Crippen LogP) is 3.37. The molecule has 0 heterocycles. The van der Waals surface area contributed by atoms with Crippen molar-refractivity contribution < 1.29 is 0 Å². The molecule has 0 amide bonds. The highest BCUT2D eigenvalue weighted by Gasteiger charge is 2.04. The first-order valence-electron chi connectivity index (χ1n) is 6.20. The third-order valence-corrected chi connectivity index (χ3v) is 3.25. The minimum atomic E-state index is 0.659. The second-order valence-corrected chi connectivity index (χ2v) is 4.65. The number of hydrogen-bond acceptors (Lipinski definition) is 3. The van der Waals surface area contributed by atoms with Crippen LogP contribution >= 0.6 is 0 Å². The van der Waals surface area contributed by atoms with Gasteiger partial charge in [0.25, 0.3) is 0 Å². The first-order valence-corrected chi connectivity index (χ1v) is 6.20. The van der Waals surface area contributed by atoms with Crippen LogP contribution in [0.1, 0.15) is 22.3 Å². The summed E-state index contributed by atoms with van der Waals surface area (Å²) in [4.78, 5) is 0. The van der Waals surface area contributed by atoms with Crippen molar-refractivity contribution in [2.45, 2.75) is 20.4 Å². The van der Waals surface area contributed by atoms with Crippen LogP contribution in [0.15, 0.2) is 36.4 Å². The summed E-state index contributed by atoms with van der Waals surface area (Å²) in [6.07, 6.45) is 0. The van der Waals surface area contributed by atoms with Crippen molar-refractivity contribution in [3.63, 3.8) is 0 Å². The predicted molar refractivity (Wildman–Crippen MR) is 78.8 cm³/mol. The van der Waals surface area contributed by atoms with Gasteiger partial charge in [-0.15, -0.1) is 0 Å². The molecule has 0 aromatic heterocycles. The van der Waals surface area contributed by atoms with Crippen LogP contribution in [-0.2, 0) is 6.54 Å². The highest BCUT2D eigenvalue weighted by molar-refractivity contribution is 5.59. The Hall–Kier alpha value is -2.47. The lowest BCUT2D eigenvalue weighted by molar-refractivity contribution is 1.12. The van der Waals surface area contributed by atoms with Gasteiger partial charge in [-0.3, -0.25) is 0 Å². The number of nitriles is 1. The Kier molecular flexibility index (Phi) is 3.72. The number of nitrogens with two attached hydrogens (primary N) is 1. The molecule has 0 saturated heterocycles. The van der Waals surface area contributed by atoms with Crippen molar-refractivity contribution >= 4 is 11.4 Å². The molecule has 0 aliphatic rings. The summed E-state index contributed by atoms with van der Waals surface area (Å²) in [5.41, 5.74) is 11.6.